The van der Waals surface area contributed by atoms with Gasteiger partial charge in [0.1, 0.15) is 35.2 Å². The van der Waals surface area contributed by atoms with Crippen LogP contribution in [0.15, 0.2) is 47.4 Å². The van der Waals surface area contributed by atoms with Crippen LogP contribution in [-0.2, 0) is 5.60 Å². The van der Waals surface area contributed by atoms with E-state index in [4.69, 9.17) is 13.9 Å². The minimum Gasteiger partial charge on any atom is -0.508 e. The number of hydrogen-bond acceptors (Lipinski definition) is 5. The first-order valence-electron chi connectivity index (χ1n) is 8.05. The smallest absolute Gasteiger partial charge is 0.168 e. The van der Waals surface area contributed by atoms with Crippen molar-refractivity contribution in [2.45, 2.75) is 18.6 Å². The maximum Gasteiger partial charge on any atom is 0.168 e. The molecule has 2 aromatic carbocycles. The number of aromatic hydroxyl groups is 1. The quantitative estimate of drug-likeness (QED) is 0.705. The SMILES string of the molecule is C=C(C)c1cc2c3c(ccc2o1)[C@]1(O)COc2cc(O)ccc2[C@@H]1O3. The summed E-state index contributed by atoms with van der Waals surface area (Å²) in [6.45, 7) is 5.84. The summed E-state index contributed by atoms with van der Waals surface area (Å²) in [5.74, 6) is 1.93. The number of fused-ring (bicyclic) bond motifs is 7. The van der Waals surface area contributed by atoms with E-state index < -0.39 is 11.7 Å². The van der Waals surface area contributed by atoms with Crippen LogP contribution in [0.25, 0.3) is 16.5 Å². The molecule has 5 nitrogen and oxygen atoms in total. The fourth-order valence-corrected chi connectivity index (χ4v) is 3.65. The first-order chi connectivity index (χ1) is 12.0. The van der Waals surface area contributed by atoms with Gasteiger partial charge < -0.3 is 24.1 Å². The van der Waals surface area contributed by atoms with E-state index in [2.05, 4.69) is 6.58 Å². The predicted octanol–water partition coefficient (Wildman–Crippen LogP) is 3.89. The lowest BCUT2D eigenvalue weighted by Gasteiger charge is -2.34. The molecular weight excluding hydrogens is 320 g/mol. The predicted molar refractivity (Wildman–Crippen MR) is 91.8 cm³/mol. The molecule has 126 valence electrons. The van der Waals surface area contributed by atoms with Crippen molar-refractivity contribution in [2.24, 2.45) is 0 Å². The van der Waals surface area contributed by atoms with Gasteiger partial charge in [-0.15, -0.1) is 0 Å². The van der Waals surface area contributed by atoms with Gasteiger partial charge >= 0.3 is 0 Å². The van der Waals surface area contributed by atoms with Gasteiger partial charge in [-0.3, -0.25) is 0 Å². The second-order valence-electron chi connectivity index (χ2n) is 6.68. The van der Waals surface area contributed by atoms with Gasteiger partial charge in [-0.1, -0.05) is 6.58 Å². The number of ether oxygens (including phenoxy) is 2. The van der Waals surface area contributed by atoms with Crippen LogP contribution in [-0.4, -0.2) is 16.8 Å². The Labute approximate surface area is 143 Å². The molecule has 2 atom stereocenters. The normalized spacial score (nSPS) is 23.4. The van der Waals surface area contributed by atoms with Crippen LogP contribution < -0.4 is 9.47 Å². The van der Waals surface area contributed by atoms with Crippen LogP contribution in [0.5, 0.6) is 17.2 Å². The van der Waals surface area contributed by atoms with Crippen molar-refractivity contribution >= 4 is 16.5 Å². The molecule has 2 aliphatic rings. The first-order valence-corrected chi connectivity index (χ1v) is 8.05. The summed E-state index contributed by atoms with van der Waals surface area (Å²) < 4.78 is 17.7. The van der Waals surface area contributed by atoms with Crippen molar-refractivity contribution in [2.75, 3.05) is 6.61 Å². The van der Waals surface area contributed by atoms with Gasteiger partial charge in [0.15, 0.2) is 11.7 Å². The van der Waals surface area contributed by atoms with Gasteiger partial charge in [0.25, 0.3) is 0 Å². The third kappa shape index (κ3) is 1.81. The molecule has 0 aliphatic carbocycles. The standard InChI is InChI=1S/C20H16O5/c1-10(2)16-8-13-15(24-16)6-5-14-18(13)25-19-12-4-3-11(21)7-17(12)23-9-20(14,19)22/h3-8,19,21-22H,1,9H2,2H3/t19-,20+/m0/s1. The van der Waals surface area contributed by atoms with Crippen LogP contribution in [0.1, 0.15) is 29.9 Å². The van der Waals surface area contributed by atoms with E-state index in [-0.39, 0.29) is 12.4 Å². The number of aliphatic hydroxyl groups is 1. The van der Waals surface area contributed by atoms with Crippen molar-refractivity contribution in [1.29, 1.82) is 0 Å². The van der Waals surface area contributed by atoms with Gasteiger partial charge in [0.05, 0.1) is 5.39 Å². The molecule has 5 rings (SSSR count). The molecule has 0 amide bonds. The molecule has 0 saturated heterocycles. The summed E-state index contributed by atoms with van der Waals surface area (Å²) in [7, 11) is 0. The van der Waals surface area contributed by atoms with E-state index in [9.17, 15) is 10.2 Å². The monoisotopic (exact) mass is 336 g/mol. The zero-order chi connectivity index (χ0) is 17.3. The highest BCUT2D eigenvalue weighted by molar-refractivity contribution is 5.89. The Kier molecular flexibility index (Phi) is 2.64. The van der Waals surface area contributed by atoms with Gasteiger partial charge in [-0.05, 0) is 42.8 Å². The zero-order valence-corrected chi connectivity index (χ0v) is 13.6. The Bertz CT molecular complexity index is 1050. The zero-order valence-electron chi connectivity index (χ0n) is 13.6. The number of hydrogen-bond donors (Lipinski definition) is 2. The van der Waals surface area contributed by atoms with E-state index in [0.717, 1.165) is 11.0 Å². The molecule has 0 spiro atoms. The number of phenols is 1. The number of allylic oxidation sites excluding steroid dienone is 1. The third-order valence-corrected chi connectivity index (χ3v) is 4.94. The number of rotatable bonds is 1. The number of furan rings is 1. The minimum absolute atomic E-state index is 0.0534. The highest BCUT2D eigenvalue weighted by Crippen LogP contribution is 2.56. The van der Waals surface area contributed by atoms with Gasteiger partial charge in [-0.2, -0.15) is 0 Å². The summed E-state index contributed by atoms with van der Waals surface area (Å²) >= 11 is 0. The first kappa shape index (κ1) is 14.4. The molecule has 3 aromatic rings. The van der Waals surface area contributed by atoms with Crippen molar-refractivity contribution in [3.63, 3.8) is 0 Å². The van der Waals surface area contributed by atoms with Crippen LogP contribution in [0.2, 0.25) is 0 Å². The Morgan fingerprint density at radius 1 is 1.24 bits per heavy atom. The largest absolute Gasteiger partial charge is 0.508 e. The molecule has 0 radical (unpaired) electrons. The van der Waals surface area contributed by atoms with E-state index in [1.54, 1.807) is 12.1 Å². The molecule has 0 fully saturated rings. The summed E-state index contributed by atoms with van der Waals surface area (Å²) in [5.41, 5.74) is 1.61. The fraction of sp³-hybridized carbons (Fsp3) is 0.200. The molecule has 3 heterocycles. The second-order valence-corrected chi connectivity index (χ2v) is 6.68. The average Bonchev–Trinajstić information content (AvgIpc) is 3.14. The molecule has 2 aliphatic heterocycles. The van der Waals surface area contributed by atoms with Crippen molar-refractivity contribution in [3.05, 3.63) is 59.9 Å². The van der Waals surface area contributed by atoms with Crippen LogP contribution >= 0.6 is 0 Å². The highest BCUT2D eigenvalue weighted by Gasteiger charge is 2.53. The fourth-order valence-electron chi connectivity index (χ4n) is 3.65. The maximum atomic E-state index is 11.3. The Hall–Kier alpha value is -2.92. The van der Waals surface area contributed by atoms with Gasteiger partial charge in [0, 0.05) is 17.2 Å². The van der Waals surface area contributed by atoms with Crippen molar-refractivity contribution in [1.82, 2.24) is 0 Å². The summed E-state index contributed by atoms with van der Waals surface area (Å²) in [5, 5.41) is 21.8. The lowest BCUT2D eigenvalue weighted by Crippen LogP contribution is -2.41. The molecule has 0 saturated carbocycles. The Balaban J connectivity index is 1.71. The van der Waals surface area contributed by atoms with Gasteiger partial charge in [-0.25, -0.2) is 0 Å². The molecule has 2 N–H and O–H groups in total. The van der Waals surface area contributed by atoms with Crippen molar-refractivity contribution < 1.29 is 24.1 Å². The number of benzene rings is 2. The van der Waals surface area contributed by atoms with E-state index >= 15 is 0 Å². The highest BCUT2D eigenvalue weighted by atomic mass is 16.5. The Morgan fingerprint density at radius 3 is 2.88 bits per heavy atom. The summed E-state index contributed by atoms with van der Waals surface area (Å²) in [4.78, 5) is 0. The molecule has 25 heavy (non-hydrogen) atoms. The molecule has 0 bridgehead atoms. The lowest BCUT2D eigenvalue weighted by molar-refractivity contribution is -0.0862. The molecule has 5 heteroatoms. The number of phenolic OH excluding ortho intramolecular Hbond substituents is 1. The summed E-state index contributed by atoms with van der Waals surface area (Å²) in [6.07, 6.45) is -0.597. The lowest BCUT2D eigenvalue weighted by atomic mass is 9.84. The van der Waals surface area contributed by atoms with Crippen molar-refractivity contribution in [3.8, 4) is 17.2 Å². The topological polar surface area (TPSA) is 72.1 Å². The van der Waals surface area contributed by atoms with Crippen LogP contribution in [0.4, 0.5) is 0 Å². The van der Waals surface area contributed by atoms with E-state index in [0.29, 0.717) is 34.0 Å². The molecular formula is C20H16O5. The van der Waals surface area contributed by atoms with E-state index in [1.165, 1.54) is 6.07 Å². The maximum absolute atomic E-state index is 11.3. The molecule has 0 unspecified atom stereocenters. The van der Waals surface area contributed by atoms with Crippen LogP contribution in [0.3, 0.4) is 0 Å². The van der Waals surface area contributed by atoms with Crippen LogP contribution in [0, 0.1) is 0 Å². The second kappa shape index (κ2) is 4.58. The Morgan fingerprint density at radius 2 is 2.08 bits per heavy atom. The average molecular weight is 336 g/mol. The third-order valence-electron chi connectivity index (χ3n) is 4.94. The summed E-state index contributed by atoms with van der Waals surface area (Å²) in [6, 6.07) is 10.3. The minimum atomic E-state index is -1.28. The van der Waals surface area contributed by atoms with E-state index in [1.807, 2.05) is 25.1 Å². The molecule has 1 aromatic heterocycles. The van der Waals surface area contributed by atoms with Gasteiger partial charge in [0.2, 0.25) is 0 Å².